The summed E-state index contributed by atoms with van der Waals surface area (Å²) < 4.78 is 15.6. The van der Waals surface area contributed by atoms with Gasteiger partial charge in [-0.05, 0) is 24.6 Å². The zero-order chi connectivity index (χ0) is 27.2. The SMILES string of the molecule is COC(=O)c1c(OC)cc(OC)cc1C1NC(C)(C(=O)O)C2C(=O)N(c3cccc([N+](=O)[O-])c3)C(=O)C12. The number of benzene rings is 2. The number of aliphatic carboxylic acids is 1. The van der Waals surface area contributed by atoms with E-state index in [4.69, 9.17) is 14.2 Å². The molecule has 0 aromatic heterocycles. The van der Waals surface area contributed by atoms with Gasteiger partial charge >= 0.3 is 11.9 Å². The van der Waals surface area contributed by atoms with Gasteiger partial charge in [-0.2, -0.15) is 0 Å². The molecule has 2 aromatic carbocycles. The molecule has 0 radical (unpaired) electrons. The number of anilines is 1. The van der Waals surface area contributed by atoms with Crippen LogP contribution in [-0.2, 0) is 19.1 Å². The van der Waals surface area contributed by atoms with E-state index in [0.717, 1.165) is 18.1 Å². The monoisotopic (exact) mass is 513 g/mol. The summed E-state index contributed by atoms with van der Waals surface area (Å²) in [6, 6.07) is 6.62. The first-order chi connectivity index (χ1) is 17.5. The summed E-state index contributed by atoms with van der Waals surface area (Å²) >= 11 is 0. The molecule has 37 heavy (non-hydrogen) atoms. The molecule has 2 aliphatic heterocycles. The van der Waals surface area contributed by atoms with Gasteiger partial charge in [0.05, 0.1) is 43.8 Å². The highest BCUT2D eigenvalue weighted by molar-refractivity contribution is 6.24. The van der Waals surface area contributed by atoms with E-state index in [1.807, 2.05) is 0 Å². The summed E-state index contributed by atoms with van der Waals surface area (Å²) in [5, 5.41) is 24.3. The van der Waals surface area contributed by atoms with Gasteiger partial charge in [-0.3, -0.25) is 29.8 Å². The normalized spacial score (nSPS) is 24.5. The maximum absolute atomic E-state index is 13.8. The number of carboxylic acid groups (broad SMARTS) is 1. The lowest BCUT2D eigenvalue weighted by Gasteiger charge is -2.28. The molecule has 2 aromatic rings. The number of carbonyl (C=O) groups excluding carboxylic acids is 3. The number of amides is 2. The van der Waals surface area contributed by atoms with Gasteiger partial charge in [0.1, 0.15) is 22.6 Å². The Morgan fingerprint density at radius 2 is 1.81 bits per heavy atom. The van der Waals surface area contributed by atoms with E-state index < -0.39 is 52.1 Å². The standard InChI is InChI=1S/C24H23N3O10/c1-24(23(31)32)18-17(20(28)26(21(18)29)11-6-5-7-12(8-11)27(33)34)19(25-24)14-9-13(35-2)10-15(36-3)16(14)22(30)37-4/h5-10,17-19,25H,1-4H3,(H,31,32). The van der Waals surface area contributed by atoms with Crippen molar-refractivity contribution in [2.75, 3.05) is 26.2 Å². The van der Waals surface area contributed by atoms with Gasteiger partial charge in [0, 0.05) is 24.2 Å². The van der Waals surface area contributed by atoms with E-state index in [2.05, 4.69) is 5.32 Å². The lowest BCUT2D eigenvalue weighted by atomic mass is 9.80. The zero-order valence-corrected chi connectivity index (χ0v) is 20.2. The smallest absolute Gasteiger partial charge is 0.341 e. The summed E-state index contributed by atoms with van der Waals surface area (Å²) in [6.07, 6.45) is 0. The van der Waals surface area contributed by atoms with Crippen molar-refractivity contribution in [2.24, 2.45) is 11.8 Å². The number of esters is 1. The van der Waals surface area contributed by atoms with Crippen LogP contribution in [0.2, 0.25) is 0 Å². The second-order valence-electron chi connectivity index (χ2n) is 8.71. The number of non-ortho nitro benzene ring substituents is 1. The number of carbonyl (C=O) groups is 4. The van der Waals surface area contributed by atoms with Gasteiger partial charge in [-0.15, -0.1) is 0 Å². The fourth-order valence-electron chi connectivity index (χ4n) is 5.06. The maximum Gasteiger partial charge on any atom is 0.341 e. The third-order valence-corrected chi connectivity index (χ3v) is 6.82. The Hall–Kier alpha value is -4.52. The van der Waals surface area contributed by atoms with Crippen LogP contribution in [0.5, 0.6) is 11.5 Å². The van der Waals surface area contributed by atoms with Crippen molar-refractivity contribution in [1.29, 1.82) is 0 Å². The number of fused-ring (bicyclic) bond motifs is 1. The Morgan fingerprint density at radius 3 is 2.38 bits per heavy atom. The third kappa shape index (κ3) is 3.83. The van der Waals surface area contributed by atoms with E-state index in [9.17, 15) is 34.4 Å². The first-order valence-electron chi connectivity index (χ1n) is 11.0. The van der Waals surface area contributed by atoms with Crippen LogP contribution in [-0.4, -0.2) is 60.7 Å². The predicted octanol–water partition coefficient (Wildman–Crippen LogP) is 1.69. The van der Waals surface area contributed by atoms with Gasteiger partial charge in [0.25, 0.3) is 5.69 Å². The molecule has 2 amide bonds. The van der Waals surface area contributed by atoms with Crippen LogP contribution in [0.15, 0.2) is 36.4 Å². The summed E-state index contributed by atoms with van der Waals surface area (Å²) in [4.78, 5) is 63.9. The molecule has 0 aliphatic carbocycles. The fourth-order valence-corrected chi connectivity index (χ4v) is 5.06. The van der Waals surface area contributed by atoms with Crippen LogP contribution in [0.3, 0.4) is 0 Å². The molecule has 2 N–H and O–H groups in total. The van der Waals surface area contributed by atoms with Crippen LogP contribution >= 0.6 is 0 Å². The number of nitrogens with zero attached hydrogens (tertiary/aromatic N) is 2. The minimum absolute atomic E-state index is 0.0517. The Balaban J connectivity index is 1.93. The minimum atomic E-state index is -1.93. The molecule has 4 atom stereocenters. The number of hydrogen-bond donors (Lipinski definition) is 2. The molecule has 0 bridgehead atoms. The van der Waals surface area contributed by atoms with Gasteiger partial charge in [-0.1, -0.05) is 6.07 Å². The van der Waals surface area contributed by atoms with Crippen molar-refractivity contribution in [2.45, 2.75) is 18.5 Å². The largest absolute Gasteiger partial charge is 0.497 e. The van der Waals surface area contributed by atoms with Crippen LogP contribution in [0.1, 0.15) is 28.9 Å². The molecule has 4 rings (SSSR count). The van der Waals surface area contributed by atoms with E-state index >= 15 is 0 Å². The van der Waals surface area contributed by atoms with Crippen molar-refractivity contribution >= 4 is 35.1 Å². The van der Waals surface area contributed by atoms with Gasteiger partial charge < -0.3 is 19.3 Å². The molecule has 2 saturated heterocycles. The number of nitro benzene ring substituents is 1. The predicted molar refractivity (Wildman–Crippen MR) is 125 cm³/mol. The number of nitrogens with one attached hydrogen (secondary N) is 1. The Morgan fingerprint density at radius 1 is 1.11 bits per heavy atom. The highest BCUT2D eigenvalue weighted by atomic mass is 16.6. The van der Waals surface area contributed by atoms with Crippen LogP contribution in [0.25, 0.3) is 0 Å². The Labute approximate surface area is 210 Å². The molecule has 2 fully saturated rings. The molecule has 0 spiro atoms. The second kappa shape index (κ2) is 9.17. The summed E-state index contributed by atoms with van der Waals surface area (Å²) in [5.41, 5.74) is -2.30. The van der Waals surface area contributed by atoms with E-state index in [0.29, 0.717) is 0 Å². The summed E-state index contributed by atoms with van der Waals surface area (Å²) in [7, 11) is 3.83. The van der Waals surface area contributed by atoms with Gasteiger partial charge in [0.15, 0.2) is 0 Å². The molecule has 194 valence electrons. The van der Waals surface area contributed by atoms with E-state index in [1.165, 1.54) is 51.5 Å². The molecule has 4 unspecified atom stereocenters. The van der Waals surface area contributed by atoms with Crippen LogP contribution < -0.4 is 19.7 Å². The summed E-state index contributed by atoms with van der Waals surface area (Å²) in [5.74, 6) is -6.23. The van der Waals surface area contributed by atoms with Crippen molar-refractivity contribution in [3.63, 3.8) is 0 Å². The molecule has 2 aliphatic rings. The number of hydrogen-bond acceptors (Lipinski definition) is 10. The highest BCUT2D eigenvalue weighted by Gasteiger charge is 2.67. The first-order valence-corrected chi connectivity index (χ1v) is 11.0. The molecule has 2 heterocycles. The van der Waals surface area contributed by atoms with Gasteiger partial charge in [-0.25, -0.2) is 9.69 Å². The number of methoxy groups -OCH3 is 3. The topological polar surface area (TPSA) is 175 Å². The fraction of sp³-hybridized carbons (Fsp3) is 0.333. The third-order valence-electron chi connectivity index (χ3n) is 6.82. The maximum atomic E-state index is 13.8. The lowest BCUT2D eigenvalue weighted by molar-refractivity contribution is -0.384. The van der Waals surface area contributed by atoms with Crippen molar-refractivity contribution < 1.29 is 43.4 Å². The molecule has 13 nitrogen and oxygen atoms in total. The second-order valence-corrected chi connectivity index (χ2v) is 8.71. The minimum Gasteiger partial charge on any atom is -0.497 e. The van der Waals surface area contributed by atoms with E-state index in [-0.39, 0.29) is 34.0 Å². The average Bonchev–Trinajstić information content (AvgIpc) is 3.35. The van der Waals surface area contributed by atoms with E-state index in [1.54, 1.807) is 0 Å². The Kier molecular flexibility index (Phi) is 6.34. The molecule has 13 heteroatoms. The Bertz CT molecular complexity index is 1340. The van der Waals surface area contributed by atoms with Crippen molar-refractivity contribution in [3.05, 3.63) is 57.6 Å². The number of carboxylic acids is 1. The van der Waals surface area contributed by atoms with Crippen LogP contribution in [0, 0.1) is 22.0 Å². The van der Waals surface area contributed by atoms with Gasteiger partial charge in [0.2, 0.25) is 11.8 Å². The number of rotatable bonds is 7. The molecule has 0 saturated carbocycles. The number of imide groups is 1. The quantitative estimate of drug-likeness (QED) is 0.238. The zero-order valence-electron chi connectivity index (χ0n) is 20.2. The summed E-state index contributed by atoms with van der Waals surface area (Å²) in [6.45, 7) is 1.27. The first kappa shape index (κ1) is 25.6. The molecular weight excluding hydrogens is 490 g/mol. The lowest BCUT2D eigenvalue weighted by Crippen LogP contribution is -2.53. The van der Waals surface area contributed by atoms with Crippen molar-refractivity contribution in [1.82, 2.24) is 5.32 Å². The number of ether oxygens (including phenoxy) is 3. The molecular formula is C24H23N3O10. The number of nitro groups is 1. The van der Waals surface area contributed by atoms with Crippen molar-refractivity contribution in [3.8, 4) is 11.5 Å². The van der Waals surface area contributed by atoms with Crippen LogP contribution in [0.4, 0.5) is 11.4 Å². The average molecular weight is 513 g/mol. The highest BCUT2D eigenvalue weighted by Crippen LogP contribution is 2.51.